The molecule has 0 fully saturated rings. The number of carbonyl (C=O) groups excluding carboxylic acids is 2. The average Bonchev–Trinajstić information content (AvgIpc) is 3.20. The summed E-state index contributed by atoms with van der Waals surface area (Å²) in [6, 6.07) is 16.8. The van der Waals surface area contributed by atoms with Crippen LogP contribution in [0.2, 0.25) is 0 Å². The second kappa shape index (κ2) is 11.3. The van der Waals surface area contributed by atoms with E-state index in [1.54, 1.807) is 12.1 Å². The number of benzene rings is 2. The molecule has 0 aliphatic carbocycles. The Morgan fingerprint density at radius 1 is 1.12 bits per heavy atom. The minimum atomic E-state index is -0.365. The molecule has 2 amide bonds. The van der Waals surface area contributed by atoms with Crippen molar-refractivity contribution in [2.75, 3.05) is 5.75 Å². The second-order valence-electron chi connectivity index (χ2n) is 7.30. The topological polar surface area (TPSA) is 88.9 Å². The van der Waals surface area contributed by atoms with E-state index >= 15 is 0 Å². The Bertz CT molecular complexity index is 1080. The van der Waals surface area contributed by atoms with Crippen LogP contribution in [-0.2, 0) is 17.9 Å². The molecule has 0 saturated carbocycles. The van der Waals surface area contributed by atoms with Crippen molar-refractivity contribution in [1.82, 2.24) is 25.4 Å². The molecule has 0 aliphatic rings. The van der Waals surface area contributed by atoms with Crippen LogP contribution in [0.1, 0.15) is 40.3 Å². The molecule has 0 aliphatic heterocycles. The Balaban J connectivity index is 1.62. The molecule has 7 nitrogen and oxygen atoms in total. The summed E-state index contributed by atoms with van der Waals surface area (Å²) < 4.78 is 1.87. The summed E-state index contributed by atoms with van der Waals surface area (Å²) in [5.74, 6) is 0.568. The van der Waals surface area contributed by atoms with E-state index in [1.165, 1.54) is 11.8 Å². The molecule has 2 N–H and O–H groups in total. The lowest BCUT2D eigenvalue weighted by Gasteiger charge is -2.16. The van der Waals surface area contributed by atoms with Crippen molar-refractivity contribution in [3.05, 3.63) is 89.8 Å². The number of thioether (sulfide) groups is 1. The van der Waals surface area contributed by atoms with Gasteiger partial charge in [0.05, 0.1) is 11.8 Å². The maximum absolute atomic E-state index is 12.7. The molecule has 0 unspecified atom stereocenters. The maximum atomic E-state index is 12.7. The zero-order valence-corrected chi connectivity index (χ0v) is 19.1. The van der Waals surface area contributed by atoms with Crippen LogP contribution >= 0.6 is 11.8 Å². The lowest BCUT2D eigenvalue weighted by molar-refractivity contribution is -0.118. The fraction of sp³-hybridized carbons (Fsp3) is 0.250. The first-order valence-corrected chi connectivity index (χ1v) is 11.3. The van der Waals surface area contributed by atoms with E-state index in [2.05, 4.69) is 27.4 Å². The smallest absolute Gasteiger partial charge is 0.252 e. The first-order chi connectivity index (χ1) is 15.5. The molecule has 3 rings (SSSR count). The Morgan fingerprint density at radius 3 is 2.56 bits per heavy atom. The minimum absolute atomic E-state index is 0.0885. The van der Waals surface area contributed by atoms with Gasteiger partial charge in [0.1, 0.15) is 0 Å². The molecule has 1 atom stereocenters. The standard InChI is InChI=1S/C24H27N5O2S/c1-4-14-29-22(18(3)26-23(31)20-13-9-8-10-17(20)2)27-28-24(29)32-16-21(30)25-15-19-11-6-5-7-12-19/h4-13,18H,1,14-16H2,2-3H3,(H,25,30)(H,26,31)/t18-/m0/s1. The van der Waals surface area contributed by atoms with Gasteiger partial charge in [-0.1, -0.05) is 66.4 Å². The van der Waals surface area contributed by atoms with Crippen LogP contribution in [0.25, 0.3) is 0 Å². The summed E-state index contributed by atoms with van der Waals surface area (Å²) in [5, 5.41) is 15.0. The Labute approximate surface area is 192 Å². The van der Waals surface area contributed by atoms with Crippen LogP contribution in [0.5, 0.6) is 0 Å². The maximum Gasteiger partial charge on any atom is 0.252 e. The zero-order chi connectivity index (χ0) is 22.9. The van der Waals surface area contributed by atoms with Gasteiger partial charge in [-0.15, -0.1) is 16.8 Å². The van der Waals surface area contributed by atoms with E-state index in [-0.39, 0.29) is 23.6 Å². The summed E-state index contributed by atoms with van der Waals surface area (Å²) in [6.45, 7) is 8.52. The predicted molar refractivity (Wildman–Crippen MR) is 126 cm³/mol. The fourth-order valence-corrected chi connectivity index (χ4v) is 3.96. The van der Waals surface area contributed by atoms with Crippen LogP contribution in [0.3, 0.4) is 0 Å². The molecule has 2 aromatic carbocycles. The van der Waals surface area contributed by atoms with Crippen molar-refractivity contribution < 1.29 is 9.59 Å². The van der Waals surface area contributed by atoms with Crippen molar-refractivity contribution in [2.45, 2.75) is 38.1 Å². The van der Waals surface area contributed by atoms with E-state index in [4.69, 9.17) is 0 Å². The number of allylic oxidation sites excluding steroid dienone is 1. The van der Waals surface area contributed by atoms with Crippen molar-refractivity contribution in [3.8, 4) is 0 Å². The van der Waals surface area contributed by atoms with Gasteiger partial charge in [0, 0.05) is 18.7 Å². The minimum Gasteiger partial charge on any atom is -0.351 e. The molecule has 0 radical (unpaired) electrons. The van der Waals surface area contributed by atoms with Crippen molar-refractivity contribution in [1.29, 1.82) is 0 Å². The summed E-state index contributed by atoms with van der Waals surface area (Å²) >= 11 is 1.30. The third-order valence-electron chi connectivity index (χ3n) is 4.85. The molecule has 0 spiro atoms. The van der Waals surface area contributed by atoms with E-state index in [0.29, 0.717) is 29.6 Å². The van der Waals surface area contributed by atoms with Gasteiger partial charge in [-0.25, -0.2) is 0 Å². The van der Waals surface area contributed by atoms with Gasteiger partial charge in [-0.05, 0) is 31.0 Å². The Hall–Kier alpha value is -3.39. The SMILES string of the molecule is C=CCn1c(SCC(=O)NCc2ccccc2)nnc1[C@H](C)NC(=O)c1ccccc1C. The number of nitrogens with zero attached hydrogens (tertiary/aromatic N) is 3. The quantitative estimate of drug-likeness (QED) is 0.364. The summed E-state index contributed by atoms with van der Waals surface area (Å²) in [6.07, 6.45) is 1.74. The van der Waals surface area contributed by atoms with Gasteiger partial charge >= 0.3 is 0 Å². The first kappa shape index (κ1) is 23.3. The van der Waals surface area contributed by atoms with Gasteiger partial charge < -0.3 is 15.2 Å². The first-order valence-electron chi connectivity index (χ1n) is 10.3. The molecular weight excluding hydrogens is 422 g/mol. The average molecular weight is 450 g/mol. The van der Waals surface area contributed by atoms with E-state index in [1.807, 2.05) is 66.9 Å². The number of aromatic nitrogens is 3. The summed E-state index contributed by atoms with van der Waals surface area (Å²) in [4.78, 5) is 24.9. The van der Waals surface area contributed by atoms with Crippen LogP contribution < -0.4 is 10.6 Å². The molecule has 166 valence electrons. The highest BCUT2D eigenvalue weighted by atomic mass is 32.2. The zero-order valence-electron chi connectivity index (χ0n) is 18.2. The number of amides is 2. The van der Waals surface area contributed by atoms with Crippen molar-refractivity contribution in [3.63, 3.8) is 0 Å². The van der Waals surface area contributed by atoms with Gasteiger partial charge in [-0.2, -0.15) is 0 Å². The highest BCUT2D eigenvalue weighted by Gasteiger charge is 2.21. The van der Waals surface area contributed by atoms with Gasteiger partial charge in [0.15, 0.2) is 11.0 Å². The normalized spacial score (nSPS) is 11.6. The van der Waals surface area contributed by atoms with Crippen LogP contribution in [0, 0.1) is 6.92 Å². The number of aryl methyl sites for hydroxylation is 1. The molecule has 3 aromatic rings. The third kappa shape index (κ3) is 6.07. The highest BCUT2D eigenvalue weighted by molar-refractivity contribution is 7.99. The summed E-state index contributed by atoms with van der Waals surface area (Å²) in [7, 11) is 0. The fourth-order valence-electron chi connectivity index (χ4n) is 3.17. The predicted octanol–water partition coefficient (Wildman–Crippen LogP) is 3.67. The lowest BCUT2D eigenvalue weighted by Crippen LogP contribution is -2.29. The monoisotopic (exact) mass is 449 g/mol. The van der Waals surface area contributed by atoms with Gasteiger partial charge in [-0.3, -0.25) is 9.59 Å². The molecule has 8 heteroatoms. The largest absolute Gasteiger partial charge is 0.351 e. The van der Waals surface area contributed by atoms with Gasteiger partial charge in [0.2, 0.25) is 5.91 Å². The van der Waals surface area contributed by atoms with E-state index < -0.39 is 0 Å². The lowest BCUT2D eigenvalue weighted by atomic mass is 10.1. The molecule has 32 heavy (non-hydrogen) atoms. The van der Waals surface area contributed by atoms with E-state index in [9.17, 15) is 9.59 Å². The van der Waals surface area contributed by atoms with Crippen LogP contribution in [-0.4, -0.2) is 32.3 Å². The molecule has 0 bridgehead atoms. The number of rotatable bonds is 10. The molecule has 0 saturated heterocycles. The molecular formula is C24H27N5O2S. The van der Waals surface area contributed by atoms with Crippen LogP contribution in [0.15, 0.2) is 72.4 Å². The summed E-state index contributed by atoms with van der Waals surface area (Å²) in [5.41, 5.74) is 2.57. The van der Waals surface area contributed by atoms with E-state index in [0.717, 1.165) is 11.1 Å². The highest BCUT2D eigenvalue weighted by Crippen LogP contribution is 2.21. The Morgan fingerprint density at radius 2 is 1.84 bits per heavy atom. The number of hydrogen-bond donors (Lipinski definition) is 2. The molecule has 1 heterocycles. The van der Waals surface area contributed by atoms with Crippen molar-refractivity contribution in [2.24, 2.45) is 0 Å². The molecule has 1 aromatic heterocycles. The number of carbonyl (C=O) groups is 2. The Kier molecular flexibility index (Phi) is 8.21. The second-order valence-corrected chi connectivity index (χ2v) is 8.24. The number of nitrogens with one attached hydrogen (secondary N) is 2. The van der Waals surface area contributed by atoms with Gasteiger partial charge in [0.25, 0.3) is 5.91 Å². The number of hydrogen-bond acceptors (Lipinski definition) is 5. The van der Waals surface area contributed by atoms with Crippen LogP contribution in [0.4, 0.5) is 0 Å². The third-order valence-corrected chi connectivity index (χ3v) is 5.81. The van der Waals surface area contributed by atoms with Crippen molar-refractivity contribution >= 4 is 23.6 Å².